The van der Waals surface area contributed by atoms with Crippen molar-refractivity contribution in [1.82, 2.24) is 0 Å². The van der Waals surface area contributed by atoms with Gasteiger partial charge in [0.05, 0.1) is 11.2 Å². The van der Waals surface area contributed by atoms with E-state index < -0.39 is 11.2 Å². The molecule has 6 rings (SSSR count). The van der Waals surface area contributed by atoms with Crippen LogP contribution in [0.4, 0.5) is 8.78 Å². The molecule has 0 radical (unpaired) electrons. The van der Waals surface area contributed by atoms with Crippen LogP contribution in [0.3, 0.4) is 0 Å². The Morgan fingerprint density at radius 2 is 0.688 bits per heavy atom. The van der Waals surface area contributed by atoms with Gasteiger partial charge in [0.1, 0.15) is 11.6 Å². The molecule has 0 amide bonds. The van der Waals surface area contributed by atoms with E-state index in [1.807, 2.05) is 31.2 Å². The van der Waals surface area contributed by atoms with E-state index in [4.69, 9.17) is 19.2 Å². The minimum absolute atomic E-state index is 0.0708. The van der Waals surface area contributed by atoms with Crippen molar-refractivity contribution in [3.05, 3.63) is 188 Å². The van der Waals surface area contributed by atoms with Crippen LogP contribution in [0.2, 0.25) is 0 Å². The summed E-state index contributed by atoms with van der Waals surface area (Å²) in [6.07, 6.45) is 11.8. The highest BCUT2D eigenvalue weighted by Gasteiger charge is 2.33. The summed E-state index contributed by atoms with van der Waals surface area (Å²) in [6.45, 7) is 29.8. The van der Waals surface area contributed by atoms with Crippen molar-refractivity contribution in [1.29, 1.82) is 0 Å². The van der Waals surface area contributed by atoms with Gasteiger partial charge in [-0.05, 0) is 219 Å². The molecule has 0 unspecified atom stereocenters. The largest absolute Gasteiger partial charge is 0.390 e. The summed E-state index contributed by atoms with van der Waals surface area (Å²) >= 11 is 0. The quantitative estimate of drug-likeness (QED) is 0.0743. The first-order valence-electron chi connectivity index (χ1n) is 28.0. The van der Waals surface area contributed by atoms with Crippen molar-refractivity contribution in [2.24, 2.45) is 0 Å². The Hall–Kier alpha value is -6.14. The molecule has 0 aliphatic carbocycles. The Kier molecular flexibility index (Phi) is 25.5. The highest BCUT2D eigenvalue weighted by atomic mass is 19.1. The van der Waals surface area contributed by atoms with E-state index in [2.05, 4.69) is 156 Å². The summed E-state index contributed by atoms with van der Waals surface area (Å²) in [7, 11) is 0. The lowest BCUT2D eigenvalue weighted by Gasteiger charge is -2.34. The Morgan fingerprint density at radius 3 is 0.974 bits per heavy atom. The van der Waals surface area contributed by atoms with E-state index in [1.165, 1.54) is 55.6 Å². The number of aliphatic hydroxyl groups is 2. The van der Waals surface area contributed by atoms with Crippen LogP contribution >= 0.6 is 0 Å². The van der Waals surface area contributed by atoms with Crippen LogP contribution in [0.25, 0.3) is 22.3 Å². The van der Waals surface area contributed by atoms with Crippen LogP contribution in [0.5, 0.6) is 0 Å². The average Bonchev–Trinajstić information content (AvgIpc) is 3.42. The van der Waals surface area contributed by atoms with Crippen molar-refractivity contribution in [3.8, 4) is 22.3 Å². The zero-order valence-electron chi connectivity index (χ0n) is 48.9. The predicted molar refractivity (Wildman–Crippen MR) is 310 cm³/mol. The third-order valence-electron chi connectivity index (χ3n) is 17.3. The molecule has 77 heavy (non-hydrogen) atoms. The average molecular weight is 1050 g/mol. The molecule has 414 valence electrons. The first kappa shape index (κ1) is 65.1. The molecule has 0 aliphatic rings. The van der Waals surface area contributed by atoms with Gasteiger partial charge in [0.15, 0.2) is 0 Å². The smallest absolute Gasteiger partial charge is 0.373 e. The minimum Gasteiger partial charge on any atom is -0.390 e. The molecule has 6 nitrogen and oxygen atoms in total. The standard InChI is InChI=1S/C34H45FO.C33H43FO.2CO2/c1-8-26-13-14-28(23-32(26)35)31-18-17-30(22-25(31)7)34(11-4,12-5)29-16-15-27(24(6)21-29)19-20-33(36,9-2)10-3;1-8-32(35,9-2)19-18-26-14-15-28(20-24(26)6)33(10-3,11-4)29-16-17-30(25(7)21-29)27-13-12-23(5)31(34)22-27;2*2-1-3/h13-18,21-23,36H,8-12,19-20H2,1-7H3;12-17,20-22,35H,8-11,18-19H2,1-7H3;;. The summed E-state index contributed by atoms with van der Waals surface area (Å²) in [5.74, 6) is -0.281. The Morgan fingerprint density at radius 1 is 0.377 bits per heavy atom. The molecule has 0 spiro atoms. The molecule has 0 fully saturated rings. The lowest BCUT2D eigenvalue weighted by molar-refractivity contribution is -0.193. The lowest BCUT2D eigenvalue weighted by Crippen LogP contribution is -2.28. The molecule has 0 bridgehead atoms. The summed E-state index contributed by atoms with van der Waals surface area (Å²) in [5.41, 5.74) is 17.1. The van der Waals surface area contributed by atoms with Gasteiger partial charge in [-0.15, -0.1) is 0 Å². The fourth-order valence-corrected chi connectivity index (χ4v) is 11.3. The molecule has 0 aliphatic heterocycles. The van der Waals surface area contributed by atoms with Crippen LogP contribution in [0.1, 0.15) is 193 Å². The molecule has 8 heteroatoms. The summed E-state index contributed by atoms with van der Waals surface area (Å²) in [5, 5.41) is 21.5. The van der Waals surface area contributed by atoms with Gasteiger partial charge < -0.3 is 10.2 Å². The first-order chi connectivity index (χ1) is 36.6. The number of rotatable bonds is 21. The number of hydrogen-bond acceptors (Lipinski definition) is 6. The SMILES string of the molecule is CCC(O)(CC)CCc1ccc(C(CC)(CC)c2ccc(-c3ccc(C)c(F)c3)c(C)c2)cc1C.CCc1ccc(-c2ccc(C(CC)(CC)c3ccc(CCC(O)(CC)CC)c(C)c3)cc2C)cc1F.O=C=O.O=C=O. The van der Waals surface area contributed by atoms with Crippen molar-refractivity contribution in [3.63, 3.8) is 0 Å². The molecule has 6 aromatic rings. The van der Waals surface area contributed by atoms with Gasteiger partial charge in [-0.1, -0.05) is 159 Å². The number of aryl methyl sites for hydroxylation is 8. The van der Waals surface area contributed by atoms with Crippen LogP contribution in [0.15, 0.2) is 109 Å². The van der Waals surface area contributed by atoms with Crippen LogP contribution in [-0.4, -0.2) is 33.7 Å². The maximum absolute atomic E-state index is 14.5. The Balaban J connectivity index is 0.000000368. The molecular formula is C69H88F2O6. The van der Waals surface area contributed by atoms with Gasteiger partial charge in [-0.3, -0.25) is 0 Å². The molecule has 0 atom stereocenters. The lowest BCUT2D eigenvalue weighted by atomic mass is 9.69. The van der Waals surface area contributed by atoms with Crippen molar-refractivity contribution < 1.29 is 38.2 Å². The van der Waals surface area contributed by atoms with Gasteiger partial charge in [0.2, 0.25) is 0 Å². The van der Waals surface area contributed by atoms with Gasteiger partial charge in [0.25, 0.3) is 0 Å². The minimum atomic E-state index is -0.569. The monoisotopic (exact) mass is 1050 g/mol. The third-order valence-corrected chi connectivity index (χ3v) is 17.3. The second-order valence-electron chi connectivity index (χ2n) is 21.1. The zero-order chi connectivity index (χ0) is 57.7. The van der Waals surface area contributed by atoms with E-state index in [0.717, 1.165) is 105 Å². The first-order valence-corrected chi connectivity index (χ1v) is 28.0. The Labute approximate surface area is 460 Å². The van der Waals surface area contributed by atoms with E-state index in [0.29, 0.717) is 12.0 Å². The summed E-state index contributed by atoms with van der Waals surface area (Å²) < 4.78 is 28.7. The van der Waals surface area contributed by atoms with Gasteiger partial charge in [-0.25, -0.2) is 8.78 Å². The maximum Gasteiger partial charge on any atom is 0.373 e. The van der Waals surface area contributed by atoms with Gasteiger partial charge in [-0.2, -0.15) is 19.2 Å². The molecule has 2 N–H and O–H groups in total. The third kappa shape index (κ3) is 16.0. The topological polar surface area (TPSA) is 109 Å². The number of benzene rings is 6. The van der Waals surface area contributed by atoms with E-state index in [-0.39, 0.29) is 34.8 Å². The molecule has 6 aromatic carbocycles. The fourth-order valence-electron chi connectivity index (χ4n) is 11.3. The van der Waals surface area contributed by atoms with Crippen molar-refractivity contribution >= 4 is 12.3 Å². The van der Waals surface area contributed by atoms with Crippen LogP contribution in [0, 0.1) is 46.3 Å². The number of halogens is 2. The second-order valence-corrected chi connectivity index (χ2v) is 21.1. The zero-order valence-corrected chi connectivity index (χ0v) is 48.9. The maximum atomic E-state index is 14.5. The normalized spacial score (nSPS) is 11.5. The highest BCUT2D eigenvalue weighted by Crippen LogP contribution is 2.43. The van der Waals surface area contributed by atoms with Crippen LogP contribution in [-0.2, 0) is 49.3 Å². The number of carbonyl (C=O) groups excluding carboxylic acids is 4. The molecule has 0 saturated carbocycles. The molecular weight excluding hydrogens is 963 g/mol. The van der Waals surface area contributed by atoms with Gasteiger partial charge >= 0.3 is 12.3 Å². The number of hydrogen-bond donors (Lipinski definition) is 2. The van der Waals surface area contributed by atoms with Crippen molar-refractivity contribution in [2.75, 3.05) is 0 Å². The summed E-state index contributed by atoms with van der Waals surface area (Å²) in [4.78, 5) is 32.5. The molecule has 0 aromatic heterocycles. The van der Waals surface area contributed by atoms with Crippen molar-refractivity contribution in [2.45, 2.75) is 202 Å². The molecule has 0 saturated heterocycles. The summed E-state index contributed by atoms with van der Waals surface area (Å²) in [6, 6.07) is 38.4. The highest BCUT2D eigenvalue weighted by molar-refractivity contribution is 5.70. The van der Waals surface area contributed by atoms with E-state index in [1.54, 1.807) is 19.1 Å². The van der Waals surface area contributed by atoms with Crippen LogP contribution < -0.4 is 0 Å². The molecule has 0 heterocycles. The van der Waals surface area contributed by atoms with E-state index in [9.17, 15) is 19.0 Å². The fraction of sp³-hybridized carbons (Fsp3) is 0.449. The van der Waals surface area contributed by atoms with E-state index >= 15 is 0 Å². The predicted octanol–water partition coefficient (Wildman–Crippen LogP) is 17.1. The van der Waals surface area contributed by atoms with Gasteiger partial charge in [0, 0.05) is 10.8 Å². The second kappa shape index (κ2) is 30.1. The Bertz CT molecular complexity index is 2890.